The summed E-state index contributed by atoms with van der Waals surface area (Å²) in [6.07, 6.45) is 6.56. The van der Waals surface area contributed by atoms with Crippen molar-refractivity contribution in [3.8, 4) is 0 Å². The van der Waals surface area contributed by atoms with Crippen LogP contribution >= 0.6 is 0 Å². The lowest BCUT2D eigenvalue weighted by Gasteiger charge is -2.30. The predicted molar refractivity (Wildman–Crippen MR) is 81.1 cm³/mol. The van der Waals surface area contributed by atoms with E-state index in [9.17, 15) is 0 Å². The molecular formula is C16H35NO. The summed E-state index contributed by atoms with van der Waals surface area (Å²) in [6.45, 7) is 16.2. The third kappa shape index (κ3) is 12.4. The van der Waals surface area contributed by atoms with Crippen molar-refractivity contribution in [2.75, 3.05) is 19.8 Å². The molecule has 2 nitrogen and oxygen atoms in total. The van der Waals surface area contributed by atoms with Gasteiger partial charge in [0.15, 0.2) is 0 Å². The van der Waals surface area contributed by atoms with Crippen molar-refractivity contribution in [2.45, 2.75) is 79.2 Å². The van der Waals surface area contributed by atoms with Crippen LogP contribution in [0.15, 0.2) is 0 Å². The second-order valence-corrected chi connectivity index (χ2v) is 7.23. The van der Waals surface area contributed by atoms with Gasteiger partial charge in [-0.25, -0.2) is 0 Å². The lowest BCUT2D eigenvalue weighted by atomic mass is 9.93. The summed E-state index contributed by atoms with van der Waals surface area (Å²) in [5.74, 6) is 0. The van der Waals surface area contributed by atoms with Gasteiger partial charge in [-0.1, -0.05) is 46.5 Å². The van der Waals surface area contributed by atoms with Crippen molar-refractivity contribution >= 4 is 0 Å². The van der Waals surface area contributed by atoms with E-state index in [4.69, 9.17) is 4.74 Å². The van der Waals surface area contributed by atoms with E-state index in [1.165, 1.54) is 32.1 Å². The van der Waals surface area contributed by atoms with Crippen molar-refractivity contribution in [3.63, 3.8) is 0 Å². The molecule has 110 valence electrons. The molecule has 0 bridgehead atoms. The van der Waals surface area contributed by atoms with Crippen LogP contribution < -0.4 is 5.32 Å². The van der Waals surface area contributed by atoms with Gasteiger partial charge < -0.3 is 10.1 Å². The Morgan fingerprint density at radius 1 is 0.889 bits per heavy atom. The number of nitrogens with one attached hydrogen (secondary N) is 1. The number of hydrogen-bond acceptors (Lipinski definition) is 2. The topological polar surface area (TPSA) is 21.3 Å². The Hall–Kier alpha value is -0.0800. The Labute approximate surface area is 115 Å². The molecule has 0 spiro atoms. The normalized spacial score (nSPS) is 13.0. The average Bonchev–Trinajstić information content (AvgIpc) is 2.25. The van der Waals surface area contributed by atoms with E-state index in [-0.39, 0.29) is 11.0 Å². The number of ether oxygens (including phenoxy) is 1. The Balaban J connectivity index is 3.52. The summed E-state index contributed by atoms with van der Waals surface area (Å²) >= 11 is 0. The molecule has 0 atom stereocenters. The molecule has 2 heteroatoms. The smallest absolute Gasteiger partial charge is 0.0529 e. The highest BCUT2D eigenvalue weighted by Gasteiger charge is 2.20. The summed E-state index contributed by atoms with van der Waals surface area (Å²) in [6, 6.07) is 0. The first-order valence-corrected chi connectivity index (χ1v) is 7.60. The van der Waals surface area contributed by atoms with Gasteiger partial charge in [-0.3, -0.25) is 0 Å². The van der Waals surface area contributed by atoms with E-state index < -0.39 is 0 Å². The lowest BCUT2D eigenvalue weighted by Crippen LogP contribution is -2.43. The summed E-state index contributed by atoms with van der Waals surface area (Å²) in [7, 11) is 0. The third-order valence-corrected chi connectivity index (χ3v) is 2.98. The first-order chi connectivity index (χ1) is 8.27. The highest BCUT2D eigenvalue weighted by Crippen LogP contribution is 2.16. The Kier molecular flexibility index (Phi) is 8.89. The summed E-state index contributed by atoms with van der Waals surface area (Å²) in [4.78, 5) is 0. The van der Waals surface area contributed by atoms with E-state index in [0.717, 1.165) is 19.8 Å². The van der Waals surface area contributed by atoms with Gasteiger partial charge in [-0.05, 0) is 27.2 Å². The fourth-order valence-electron chi connectivity index (χ4n) is 1.71. The van der Waals surface area contributed by atoms with E-state index in [2.05, 4.69) is 46.9 Å². The fourth-order valence-corrected chi connectivity index (χ4v) is 1.71. The molecule has 0 fully saturated rings. The molecule has 18 heavy (non-hydrogen) atoms. The largest absolute Gasteiger partial charge is 0.381 e. The Bertz CT molecular complexity index is 194. The SMILES string of the molecule is CCCCCCCOCC(C)(C)CNC(C)(C)C. The zero-order chi connectivity index (χ0) is 14.1. The van der Waals surface area contributed by atoms with E-state index in [0.29, 0.717) is 0 Å². The van der Waals surface area contributed by atoms with Crippen LogP contribution in [0.5, 0.6) is 0 Å². The second kappa shape index (κ2) is 8.92. The summed E-state index contributed by atoms with van der Waals surface area (Å²) in [5, 5.41) is 3.55. The van der Waals surface area contributed by atoms with Gasteiger partial charge in [0.1, 0.15) is 0 Å². The van der Waals surface area contributed by atoms with E-state index in [1.54, 1.807) is 0 Å². The molecule has 0 aliphatic rings. The molecule has 0 saturated heterocycles. The van der Waals surface area contributed by atoms with Gasteiger partial charge >= 0.3 is 0 Å². The molecule has 0 aliphatic carbocycles. The molecule has 0 radical (unpaired) electrons. The molecule has 0 aliphatic heterocycles. The molecule has 0 unspecified atom stereocenters. The minimum absolute atomic E-state index is 0.192. The predicted octanol–water partition coefficient (Wildman–Crippen LogP) is 4.39. The Morgan fingerprint density at radius 2 is 1.50 bits per heavy atom. The molecule has 0 amide bonds. The molecule has 0 aromatic heterocycles. The zero-order valence-corrected chi connectivity index (χ0v) is 13.6. The molecule has 0 rings (SSSR count). The van der Waals surface area contributed by atoms with Crippen LogP contribution in [0.4, 0.5) is 0 Å². The van der Waals surface area contributed by atoms with Crippen molar-refractivity contribution < 1.29 is 4.74 Å². The summed E-state index contributed by atoms with van der Waals surface area (Å²) < 4.78 is 5.80. The van der Waals surface area contributed by atoms with Crippen LogP contribution in [0.1, 0.15) is 73.6 Å². The van der Waals surface area contributed by atoms with Crippen LogP contribution in [0, 0.1) is 5.41 Å². The minimum Gasteiger partial charge on any atom is -0.381 e. The van der Waals surface area contributed by atoms with Crippen LogP contribution in [0.25, 0.3) is 0 Å². The average molecular weight is 257 g/mol. The van der Waals surface area contributed by atoms with Crippen LogP contribution in [-0.4, -0.2) is 25.3 Å². The molecule has 1 N–H and O–H groups in total. The highest BCUT2D eigenvalue weighted by molar-refractivity contribution is 4.77. The van der Waals surface area contributed by atoms with Gasteiger partial charge in [0.25, 0.3) is 0 Å². The van der Waals surface area contributed by atoms with Crippen LogP contribution in [-0.2, 0) is 4.74 Å². The number of hydrogen-bond donors (Lipinski definition) is 1. The fraction of sp³-hybridized carbons (Fsp3) is 1.00. The van der Waals surface area contributed by atoms with Gasteiger partial charge in [0, 0.05) is 24.1 Å². The quantitative estimate of drug-likeness (QED) is 0.586. The van der Waals surface area contributed by atoms with Crippen molar-refractivity contribution in [3.05, 3.63) is 0 Å². The van der Waals surface area contributed by atoms with Crippen LogP contribution in [0.2, 0.25) is 0 Å². The first kappa shape index (κ1) is 17.9. The maximum absolute atomic E-state index is 5.80. The number of unbranched alkanes of at least 4 members (excludes halogenated alkanes) is 4. The van der Waals surface area contributed by atoms with Crippen molar-refractivity contribution in [2.24, 2.45) is 5.41 Å². The lowest BCUT2D eigenvalue weighted by molar-refractivity contribution is 0.0566. The third-order valence-electron chi connectivity index (χ3n) is 2.98. The second-order valence-electron chi connectivity index (χ2n) is 7.23. The minimum atomic E-state index is 0.192. The Morgan fingerprint density at radius 3 is 2.06 bits per heavy atom. The maximum Gasteiger partial charge on any atom is 0.0529 e. The van der Waals surface area contributed by atoms with Gasteiger partial charge in [0.2, 0.25) is 0 Å². The standard InChI is InChI=1S/C16H35NO/c1-7-8-9-10-11-12-18-14-16(5,6)13-17-15(2,3)4/h17H,7-14H2,1-6H3. The molecule has 0 aromatic carbocycles. The maximum atomic E-state index is 5.80. The van der Waals surface area contributed by atoms with E-state index >= 15 is 0 Å². The summed E-state index contributed by atoms with van der Waals surface area (Å²) in [5.41, 5.74) is 0.411. The zero-order valence-electron chi connectivity index (χ0n) is 13.6. The van der Waals surface area contributed by atoms with Crippen molar-refractivity contribution in [1.82, 2.24) is 5.32 Å². The molecular weight excluding hydrogens is 222 g/mol. The van der Waals surface area contributed by atoms with Gasteiger partial charge in [-0.2, -0.15) is 0 Å². The first-order valence-electron chi connectivity index (χ1n) is 7.60. The van der Waals surface area contributed by atoms with Gasteiger partial charge in [-0.15, -0.1) is 0 Å². The number of rotatable bonds is 10. The highest BCUT2D eigenvalue weighted by atomic mass is 16.5. The van der Waals surface area contributed by atoms with E-state index in [1.807, 2.05) is 0 Å². The van der Waals surface area contributed by atoms with Crippen LogP contribution in [0.3, 0.4) is 0 Å². The molecule has 0 saturated carbocycles. The van der Waals surface area contributed by atoms with Gasteiger partial charge in [0.05, 0.1) is 6.61 Å². The molecule has 0 aromatic rings. The van der Waals surface area contributed by atoms with Crippen molar-refractivity contribution in [1.29, 1.82) is 0 Å². The molecule has 0 heterocycles. The monoisotopic (exact) mass is 257 g/mol.